The molecule has 2 N–H and O–H groups in total. The summed E-state index contributed by atoms with van der Waals surface area (Å²) in [6, 6.07) is -0.769. The molecule has 30 heavy (non-hydrogen) atoms. The Bertz CT molecular complexity index is 547. The first kappa shape index (κ1) is 26.6. The summed E-state index contributed by atoms with van der Waals surface area (Å²) in [5.74, 6) is -0.594. The number of rotatable bonds is 14. The van der Waals surface area contributed by atoms with Crippen molar-refractivity contribution < 1.29 is 14.4 Å². The van der Waals surface area contributed by atoms with E-state index in [1.54, 1.807) is 5.55 Å². The largest absolute Gasteiger partial charge is 0.345 e. The van der Waals surface area contributed by atoms with Crippen LogP contribution in [0.1, 0.15) is 77.6 Å². The number of hydrogen-bond donors (Lipinski definition) is 2. The van der Waals surface area contributed by atoms with E-state index in [0.717, 1.165) is 76.5 Å². The first-order chi connectivity index (χ1) is 14.5. The van der Waals surface area contributed by atoms with Crippen molar-refractivity contribution in [1.82, 2.24) is 15.6 Å². The molecule has 1 saturated carbocycles. The monoisotopic (exact) mass is 440 g/mol. The number of nitrogens with one attached hydrogen (secondary N) is 2. The molecular formula is C22H40N4O3S. The van der Waals surface area contributed by atoms with E-state index in [0.29, 0.717) is 6.42 Å². The summed E-state index contributed by atoms with van der Waals surface area (Å²) in [7, 11) is 4.10. The number of nitrogens with zero attached hydrogens (tertiary/aromatic N) is 2. The lowest BCUT2D eigenvalue weighted by Crippen LogP contribution is -2.48. The Labute approximate surface area is 186 Å². The van der Waals surface area contributed by atoms with Gasteiger partial charge in [-0.2, -0.15) is 5.10 Å². The highest BCUT2D eigenvalue weighted by molar-refractivity contribution is 8.12. The number of ketones is 1. The maximum atomic E-state index is 12.6. The fourth-order valence-electron chi connectivity index (χ4n) is 3.51. The number of carbonyl (C=O) groups excluding carboxylic acids is 3. The van der Waals surface area contributed by atoms with Gasteiger partial charge in [0.2, 0.25) is 11.7 Å². The Morgan fingerprint density at radius 3 is 2.43 bits per heavy atom. The molecule has 0 aliphatic heterocycles. The Hall–Kier alpha value is -1.41. The van der Waals surface area contributed by atoms with Crippen molar-refractivity contribution in [2.75, 3.05) is 26.4 Å². The van der Waals surface area contributed by atoms with E-state index >= 15 is 0 Å². The normalized spacial score (nSPS) is 16.4. The molecule has 2 amide bonds. The van der Waals surface area contributed by atoms with Gasteiger partial charge in [0.15, 0.2) is 0 Å². The smallest absolute Gasteiger partial charge is 0.309 e. The second-order valence-corrected chi connectivity index (χ2v) is 9.27. The molecule has 0 aromatic rings. The fourth-order valence-corrected chi connectivity index (χ4v) is 4.11. The Balaban J connectivity index is 2.44. The summed E-state index contributed by atoms with van der Waals surface area (Å²) in [4.78, 5) is 39.6. The molecule has 1 aliphatic rings. The predicted octanol–water partition coefficient (Wildman–Crippen LogP) is 3.34. The predicted molar refractivity (Wildman–Crippen MR) is 125 cm³/mol. The van der Waals surface area contributed by atoms with Crippen LogP contribution in [0.4, 0.5) is 0 Å². The van der Waals surface area contributed by atoms with Gasteiger partial charge in [0.05, 0.1) is 11.6 Å². The number of unbranched alkanes of at least 4 members (excludes halogenated alkanes) is 2. The minimum absolute atomic E-state index is 0.0468. The molecule has 8 heteroatoms. The number of amides is 2. The minimum atomic E-state index is -0.769. The standard InChI is InChI=1S/C22H40N4O3S/c1-4-5-14-19(24-21(28)18-12-8-6-7-9-13-18)20(27)22(29)25-23-17-30-16-11-10-15-26(2)3/h17-19H,4-16H2,1-3H3,(H,24,28)(H,25,29)/b23-17+. The Kier molecular flexibility index (Phi) is 14.5. The Morgan fingerprint density at radius 2 is 1.80 bits per heavy atom. The van der Waals surface area contributed by atoms with Gasteiger partial charge < -0.3 is 10.2 Å². The zero-order chi connectivity index (χ0) is 22.2. The molecule has 0 radical (unpaired) electrons. The van der Waals surface area contributed by atoms with Crippen molar-refractivity contribution in [2.45, 2.75) is 83.6 Å². The van der Waals surface area contributed by atoms with Crippen LogP contribution in [0.15, 0.2) is 5.10 Å². The second-order valence-electron chi connectivity index (χ2n) is 8.31. The molecular weight excluding hydrogens is 400 g/mol. The van der Waals surface area contributed by atoms with Crippen LogP contribution in [0.5, 0.6) is 0 Å². The number of thioether (sulfide) groups is 1. The highest BCUT2D eigenvalue weighted by Crippen LogP contribution is 2.23. The van der Waals surface area contributed by atoms with Gasteiger partial charge >= 0.3 is 5.91 Å². The van der Waals surface area contributed by atoms with Crippen molar-refractivity contribution in [2.24, 2.45) is 11.0 Å². The van der Waals surface area contributed by atoms with Crippen molar-refractivity contribution in [3.63, 3.8) is 0 Å². The van der Waals surface area contributed by atoms with Crippen molar-refractivity contribution in [3.05, 3.63) is 0 Å². The molecule has 1 unspecified atom stereocenters. The lowest BCUT2D eigenvalue weighted by atomic mass is 9.97. The lowest BCUT2D eigenvalue weighted by Gasteiger charge is -2.20. The maximum absolute atomic E-state index is 12.6. The van der Waals surface area contributed by atoms with Crippen LogP contribution in [0.2, 0.25) is 0 Å². The fraction of sp³-hybridized carbons (Fsp3) is 0.818. The molecule has 0 saturated heterocycles. The van der Waals surface area contributed by atoms with Crippen LogP contribution in [-0.2, 0) is 14.4 Å². The van der Waals surface area contributed by atoms with Gasteiger partial charge in [-0.3, -0.25) is 14.4 Å². The van der Waals surface area contributed by atoms with Crippen molar-refractivity contribution in [3.8, 4) is 0 Å². The molecule has 7 nitrogen and oxygen atoms in total. The topological polar surface area (TPSA) is 90.9 Å². The first-order valence-corrected chi connectivity index (χ1v) is 12.4. The number of hydrogen-bond acceptors (Lipinski definition) is 6. The van der Waals surface area contributed by atoms with E-state index in [9.17, 15) is 14.4 Å². The molecule has 0 bridgehead atoms. The zero-order valence-electron chi connectivity index (χ0n) is 19.0. The number of carbonyl (C=O) groups is 3. The van der Waals surface area contributed by atoms with Gasteiger partial charge in [-0.25, -0.2) is 5.43 Å². The molecule has 1 rings (SSSR count). The van der Waals surface area contributed by atoms with Gasteiger partial charge in [-0.05, 0) is 58.5 Å². The average Bonchev–Trinajstić information content (AvgIpc) is 3.01. The van der Waals surface area contributed by atoms with Crippen LogP contribution in [0, 0.1) is 5.92 Å². The number of hydrazone groups is 1. The third-order valence-corrected chi connectivity index (χ3v) is 6.12. The van der Waals surface area contributed by atoms with E-state index in [1.165, 1.54) is 11.8 Å². The highest BCUT2D eigenvalue weighted by Gasteiger charge is 2.29. The van der Waals surface area contributed by atoms with Crippen molar-refractivity contribution >= 4 is 34.9 Å². The average molecular weight is 441 g/mol. The van der Waals surface area contributed by atoms with Gasteiger partial charge in [0.25, 0.3) is 0 Å². The van der Waals surface area contributed by atoms with Crippen LogP contribution in [-0.4, -0.2) is 60.5 Å². The van der Waals surface area contributed by atoms with E-state index in [2.05, 4.69) is 20.7 Å². The Morgan fingerprint density at radius 1 is 1.10 bits per heavy atom. The summed E-state index contributed by atoms with van der Waals surface area (Å²) in [5.41, 5.74) is 3.87. The van der Waals surface area contributed by atoms with Crippen LogP contribution < -0.4 is 10.7 Å². The van der Waals surface area contributed by atoms with E-state index < -0.39 is 17.7 Å². The van der Waals surface area contributed by atoms with Crippen LogP contribution in [0.25, 0.3) is 0 Å². The first-order valence-electron chi connectivity index (χ1n) is 11.4. The van der Waals surface area contributed by atoms with E-state index in [4.69, 9.17) is 0 Å². The van der Waals surface area contributed by atoms with E-state index in [1.807, 2.05) is 21.0 Å². The maximum Gasteiger partial charge on any atom is 0.309 e. The molecule has 1 fully saturated rings. The molecule has 0 aromatic carbocycles. The molecule has 1 atom stereocenters. The summed E-state index contributed by atoms with van der Waals surface area (Å²) >= 11 is 1.51. The molecule has 0 spiro atoms. The quantitative estimate of drug-likeness (QED) is 0.108. The summed E-state index contributed by atoms with van der Waals surface area (Å²) < 4.78 is 0. The molecule has 172 valence electrons. The van der Waals surface area contributed by atoms with Crippen molar-refractivity contribution in [1.29, 1.82) is 0 Å². The SMILES string of the molecule is CCCCC(NC(=O)C1CCCCCC1)C(=O)C(=O)N/N=C/SCCCCN(C)C. The minimum Gasteiger partial charge on any atom is -0.345 e. The highest BCUT2D eigenvalue weighted by atomic mass is 32.2. The molecule has 0 aromatic heterocycles. The van der Waals surface area contributed by atoms with Gasteiger partial charge in [0, 0.05) is 5.92 Å². The third kappa shape index (κ3) is 11.7. The van der Waals surface area contributed by atoms with Crippen LogP contribution >= 0.6 is 11.8 Å². The second kappa shape index (κ2) is 16.3. The van der Waals surface area contributed by atoms with Gasteiger partial charge in [-0.15, -0.1) is 11.8 Å². The molecule has 0 heterocycles. The number of Topliss-reactive ketones (excluding diaryl/α,β-unsaturated/α-hetero) is 1. The van der Waals surface area contributed by atoms with Gasteiger partial charge in [-0.1, -0.05) is 45.4 Å². The van der Waals surface area contributed by atoms with Crippen LogP contribution in [0.3, 0.4) is 0 Å². The van der Waals surface area contributed by atoms with Gasteiger partial charge in [0.1, 0.15) is 0 Å². The third-order valence-electron chi connectivity index (χ3n) is 5.34. The molecule has 1 aliphatic carbocycles. The summed E-state index contributed by atoms with van der Waals surface area (Å²) in [6.07, 6.45) is 10.5. The summed E-state index contributed by atoms with van der Waals surface area (Å²) in [6.45, 7) is 3.07. The van der Waals surface area contributed by atoms with E-state index in [-0.39, 0.29) is 11.8 Å². The summed E-state index contributed by atoms with van der Waals surface area (Å²) in [5, 5.41) is 6.72. The zero-order valence-corrected chi connectivity index (χ0v) is 19.8. The lowest BCUT2D eigenvalue weighted by molar-refractivity contribution is -0.140.